The lowest BCUT2D eigenvalue weighted by Crippen LogP contribution is -2.55. The van der Waals surface area contributed by atoms with E-state index in [1.807, 2.05) is 18.2 Å². The summed E-state index contributed by atoms with van der Waals surface area (Å²) in [6, 6.07) is 8.08. The van der Waals surface area contributed by atoms with Crippen LogP contribution in [0.25, 0.3) is 10.2 Å². The number of thiazole rings is 1. The third-order valence-electron chi connectivity index (χ3n) is 4.88. The van der Waals surface area contributed by atoms with Crippen LogP contribution in [0.15, 0.2) is 24.3 Å². The zero-order valence-corrected chi connectivity index (χ0v) is 15.1. The number of aromatic nitrogens is 1. The Balaban J connectivity index is 1.45. The second-order valence-electron chi connectivity index (χ2n) is 6.78. The van der Waals surface area contributed by atoms with E-state index in [2.05, 4.69) is 16.4 Å². The summed E-state index contributed by atoms with van der Waals surface area (Å²) in [5.74, 6) is -1.04. The molecule has 1 aromatic carbocycles. The number of aryl methyl sites for hydroxylation is 1. The first-order valence-corrected chi connectivity index (χ1v) is 9.80. The number of nitrogens with one attached hydrogen (secondary N) is 1. The molecule has 1 aromatic heterocycles. The van der Waals surface area contributed by atoms with Crippen molar-refractivity contribution < 1.29 is 14.7 Å². The molecule has 0 bridgehead atoms. The predicted molar refractivity (Wildman–Crippen MR) is 98.8 cm³/mol. The van der Waals surface area contributed by atoms with Crippen LogP contribution in [0.4, 0.5) is 0 Å². The third-order valence-corrected chi connectivity index (χ3v) is 5.97. The monoisotopic (exact) mass is 360 g/mol. The van der Waals surface area contributed by atoms with Crippen molar-refractivity contribution in [2.75, 3.05) is 0 Å². The number of carboxylic acids is 1. The maximum absolute atomic E-state index is 12.2. The molecule has 1 amide bonds. The first kappa shape index (κ1) is 17.9. The van der Waals surface area contributed by atoms with E-state index in [0.717, 1.165) is 49.0 Å². The minimum absolute atomic E-state index is 0.145. The van der Waals surface area contributed by atoms with Crippen LogP contribution < -0.4 is 5.32 Å². The van der Waals surface area contributed by atoms with Crippen LogP contribution in [0.1, 0.15) is 56.4 Å². The maximum atomic E-state index is 12.2. The van der Waals surface area contributed by atoms with Gasteiger partial charge in [0.1, 0.15) is 5.54 Å². The van der Waals surface area contributed by atoms with Gasteiger partial charge in [-0.05, 0) is 44.2 Å². The molecule has 0 atom stereocenters. The quantitative estimate of drug-likeness (QED) is 0.734. The van der Waals surface area contributed by atoms with Gasteiger partial charge < -0.3 is 10.4 Å². The minimum Gasteiger partial charge on any atom is -0.480 e. The smallest absolute Gasteiger partial charge is 0.329 e. The molecule has 5 nitrogen and oxygen atoms in total. The molecule has 0 radical (unpaired) electrons. The fourth-order valence-corrected chi connectivity index (χ4v) is 4.47. The summed E-state index contributed by atoms with van der Waals surface area (Å²) in [5.41, 5.74) is -0.0107. The zero-order valence-electron chi connectivity index (χ0n) is 14.3. The molecule has 1 aliphatic rings. The molecule has 2 aromatic rings. The van der Waals surface area contributed by atoms with Gasteiger partial charge in [-0.3, -0.25) is 4.79 Å². The Morgan fingerprint density at radius 1 is 1.16 bits per heavy atom. The van der Waals surface area contributed by atoms with Gasteiger partial charge in [-0.2, -0.15) is 0 Å². The molecule has 0 spiro atoms. The van der Waals surface area contributed by atoms with E-state index < -0.39 is 11.5 Å². The van der Waals surface area contributed by atoms with Crippen molar-refractivity contribution in [2.45, 2.75) is 63.3 Å². The Hall–Kier alpha value is -1.95. The Morgan fingerprint density at radius 2 is 1.92 bits per heavy atom. The molecule has 2 N–H and O–H groups in total. The van der Waals surface area contributed by atoms with Gasteiger partial charge in [0.15, 0.2) is 0 Å². The van der Waals surface area contributed by atoms with Crippen LogP contribution in [-0.4, -0.2) is 27.5 Å². The molecule has 0 unspecified atom stereocenters. The van der Waals surface area contributed by atoms with Crippen molar-refractivity contribution in [3.63, 3.8) is 0 Å². The zero-order chi connectivity index (χ0) is 17.7. The van der Waals surface area contributed by atoms with E-state index in [0.29, 0.717) is 19.3 Å². The molecule has 0 saturated heterocycles. The van der Waals surface area contributed by atoms with Crippen LogP contribution in [0, 0.1) is 0 Å². The lowest BCUT2D eigenvalue weighted by molar-refractivity contribution is -0.149. The summed E-state index contributed by atoms with van der Waals surface area (Å²) in [5, 5.41) is 13.4. The third kappa shape index (κ3) is 4.37. The number of benzene rings is 1. The van der Waals surface area contributed by atoms with E-state index in [9.17, 15) is 14.7 Å². The van der Waals surface area contributed by atoms with Crippen LogP contribution in [0.2, 0.25) is 0 Å². The highest BCUT2D eigenvalue weighted by atomic mass is 32.1. The lowest BCUT2D eigenvalue weighted by atomic mass is 9.81. The first-order chi connectivity index (χ1) is 12.1. The topological polar surface area (TPSA) is 79.3 Å². The molecule has 1 saturated carbocycles. The summed E-state index contributed by atoms with van der Waals surface area (Å²) in [7, 11) is 0. The summed E-state index contributed by atoms with van der Waals surface area (Å²) < 4.78 is 1.19. The molecule has 3 rings (SSSR count). The minimum atomic E-state index is -1.04. The summed E-state index contributed by atoms with van der Waals surface area (Å²) in [6.45, 7) is 0. The SMILES string of the molecule is O=C(CCCCc1nc2ccccc2s1)NC1(C(=O)O)CCCCC1. The number of amides is 1. The van der Waals surface area contributed by atoms with Gasteiger partial charge >= 0.3 is 5.97 Å². The number of rotatable bonds is 7. The Morgan fingerprint density at radius 3 is 2.64 bits per heavy atom. The Bertz CT molecular complexity index is 717. The number of nitrogens with zero attached hydrogens (tertiary/aromatic N) is 1. The van der Waals surface area contributed by atoms with E-state index in [1.165, 1.54) is 4.70 Å². The van der Waals surface area contributed by atoms with Crippen LogP contribution in [-0.2, 0) is 16.0 Å². The van der Waals surface area contributed by atoms with Gasteiger partial charge in [-0.15, -0.1) is 11.3 Å². The first-order valence-electron chi connectivity index (χ1n) is 8.98. The molecule has 134 valence electrons. The number of hydrogen-bond donors (Lipinski definition) is 2. The van der Waals surface area contributed by atoms with Crippen molar-refractivity contribution in [2.24, 2.45) is 0 Å². The lowest BCUT2D eigenvalue weighted by Gasteiger charge is -2.34. The highest BCUT2D eigenvalue weighted by molar-refractivity contribution is 7.18. The van der Waals surface area contributed by atoms with Crippen LogP contribution in [0.3, 0.4) is 0 Å². The highest BCUT2D eigenvalue weighted by Crippen LogP contribution is 2.29. The fourth-order valence-electron chi connectivity index (χ4n) is 3.47. The maximum Gasteiger partial charge on any atom is 0.329 e. The van der Waals surface area contributed by atoms with E-state index in [1.54, 1.807) is 11.3 Å². The van der Waals surface area contributed by atoms with Crippen LogP contribution >= 0.6 is 11.3 Å². The number of carboxylic acid groups (broad SMARTS) is 1. The Kier molecular flexibility index (Phi) is 5.68. The van der Waals surface area contributed by atoms with E-state index in [-0.39, 0.29) is 5.91 Å². The number of carbonyl (C=O) groups excluding carboxylic acids is 1. The molecule has 6 heteroatoms. The van der Waals surface area contributed by atoms with Gasteiger partial charge in [0.2, 0.25) is 5.91 Å². The average Bonchev–Trinajstić information content (AvgIpc) is 3.02. The van der Waals surface area contributed by atoms with E-state index in [4.69, 9.17) is 0 Å². The molecule has 0 aliphatic heterocycles. The van der Waals surface area contributed by atoms with Gasteiger partial charge in [0.05, 0.1) is 15.2 Å². The van der Waals surface area contributed by atoms with Crippen molar-refractivity contribution in [3.05, 3.63) is 29.3 Å². The molecular weight excluding hydrogens is 336 g/mol. The molecular formula is C19H24N2O3S. The number of aliphatic carboxylic acids is 1. The average molecular weight is 360 g/mol. The van der Waals surface area contributed by atoms with Gasteiger partial charge in [-0.1, -0.05) is 31.4 Å². The Labute approximate surface area is 151 Å². The van der Waals surface area contributed by atoms with Gasteiger partial charge in [-0.25, -0.2) is 9.78 Å². The van der Waals surface area contributed by atoms with Gasteiger partial charge in [0, 0.05) is 6.42 Å². The number of fused-ring (bicyclic) bond motifs is 1. The second kappa shape index (κ2) is 7.95. The predicted octanol–water partition coefficient (Wildman–Crippen LogP) is 3.91. The fraction of sp³-hybridized carbons (Fsp3) is 0.526. The number of para-hydroxylation sites is 1. The second-order valence-corrected chi connectivity index (χ2v) is 7.89. The van der Waals surface area contributed by atoms with Crippen LogP contribution in [0.5, 0.6) is 0 Å². The van der Waals surface area contributed by atoms with Gasteiger partial charge in [0.25, 0.3) is 0 Å². The standard InChI is InChI=1S/C19H24N2O3S/c22-16(21-19(18(23)24)12-6-1-7-13-19)10-4-5-11-17-20-14-8-2-3-9-15(14)25-17/h2-3,8-9H,1,4-7,10-13H2,(H,21,22)(H,23,24). The summed E-state index contributed by atoms with van der Waals surface area (Å²) in [4.78, 5) is 28.4. The van der Waals surface area contributed by atoms with Crippen molar-refractivity contribution >= 4 is 33.4 Å². The molecule has 1 heterocycles. The largest absolute Gasteiger partial charge is 0.480 e. The number of carbonyl (C=O) groups is 2. The van der Waals surface area contributed by atoms with Crippen molar-refractivity contribution in [1.82, 2.24) is 10.3 Å². The summed E-state index contributed by atoms with van der Waals surface area (Å²) >= 11 is 1.70. The van der Waals surface area contributed by atoms with Crippen molar-refractivity contribution in [1.29, 1.82) is 0 Å². The molecule has 25 heavy (non-hydrogen) atoms. The summed E-state index contributed by atoms with van der Waals surface area (Å²) in [6.07, 6.45) is 6.72. The number of hydrogen-bond acceptors (Lipinski definition) is 4. The van der Waals surface area contributed by atoms with Crippen molar-refractivity contribution in [3.8, 4) is 0 Å². The highest BCUT2D eigenvalue weighted by Gasteiger charge is 2.40. The number of unbranched alkanes of at least 4 members (excludes halogenated alkanes) is 1. The van der Waals surface area contributed by atoms with E-state index >= 15 is 0 Å². The molecule has 1 fully saturated rings. The normalized spacial score (nSPS) is 16.6. The molecule has 1 aliphatic carbocycles.